The summed E-state index contributed by atoms with van der Waals surface area (Å²) in [5.74, 6) is 0. The lowest BCUT2D eigenvalue weighted by Crippen LogP contribution is -2.30. The molecule has 0 unspecified atom stereocenters. The number of aryl methyl sites for hydroxylation is 2. The van der Waals surface area contributed by atoms with E-state index in [1.807, 2.05) is 0 Å². The van der Waals surface area contributed by atoms with Gasteiger partial charge >= 0.3 is 0 Å². The molecule has 2 rings (SSSR count). The van der Waals surface area contributed by atoms with Crippen molar-refractivity contribution in [3.63, 3.8) is 0 Å². The molecule has 0 aliphatic rings. The van der Waals surface area contributed by atoms with Crippen LogP contribution in [-0.2, 0) is 30.1 Å². The zero-order valence-corrected chi connectivity index (χ0v) is 20.6. The zero-order chi connectivity index (χ0) is 23.8. The number of rotatable bonds is 8. The molecule has 12 heteroatoms. The van der Waals surface area contributed by atoms with Crippen LogP contribution in [0.1, 0.15) is 30.5 Å². The molecule has 0 saturated carbocycles. The van der Waals surface area contributed by atoms with Gasteiger partial charge in [0.1, 0.15) is 0 Å². The van der Waals surface area contributed by atoms with Crippen LogP contribution in [0.4, 0.5) is 11.4 Å². The van der Waals surface area contributed by atoms with E-state index in [1.165, 1.54) is 31.2 Å². The molecule has 0 fully saturated rings. The Morgan fingerprint density at radius 3 is 1.81 bits per heavy atom. The van der Waals surface area contributed by atoms with Crippen molar-refractivity contribution in [2.24, 2.45) is 0 Å². The fourth-order valence-electron chi connectivity index (χ4n) is 3.21. The van der Waals surface area contributed by atoms with Crippen molar-refractivity contribution in [1.29, 1.82) is 0 Å². The van der Waals surface area contributed by atoms with Crippen molar-refractivity contribution < 1.29 is 25.3 Å². The first-order valence-corrected chi connectivity index (χ1v) is 14.1. The Hall–Kier alpha value is -2.15. The maximum absolute atomic E-state index is 13.1. The third-order valence-electron chi connectivity index (χ3n) is 4.26. The standard InChI is InChI=1S/C19H27N3O6S3/c1-12(2)20-30(25,26)17-9-7-16(8-10-17)21-31(27,28)19-14(4)11-13(3)18(15(19)5)22-29(6,23)24/h7-12,20-22H,1-6H3. The van der Waals surface area contributed by atoms with Gasteiger partial charge in [0.2, 0.25) is 20.0 Å². The molecule has 0 heterocycles. The van der Waals surface area contributed by atoms with E-state index in [1.54, 1.807) is 33.8 Å². The molecule has 2 aromatic rings. The van der Waals surface area contributed by atoms with E-state index in [9.17, 15) is 25.3 Å². The number of benzene rings is 2. The van der Waals surface area contributed by atoms with Gasteiger partial charge in [-0.1, -0.05) is 6.07 Å². The van der Waals surface area contributed by atoms with Crippen LogP contribution in [-0.4, -0.2) is 37.6 Å². The molecule has 0 amide bonds. The lowest BCUT2D eigenvalue weighted by atomic mass is 10.1. The lowest BCUT2D eigenvalue weighted by molar-refractivity contribution is 0.570. The SMILES string of the molecule is Cc1cc(C)c(S(=O)(=O)Nc2ccc(S(=O)(=O)NC(C)C)cc2)c(C)c1NS(C)(=O)=O. The molecular weight excluding hydrogens is 462 g/mol. The summed E-state index contributed by atoms with van der Waals surface area (Å²) in [6.07, 6.45) is 0.988. The van der Waals surface area contributed by atoms with E-state index in [4.69, 9.17) is 0 Å². The van der Waals surface area contributed by atoms with Gasteiger partial charge in [-0.3, -0.25) is 9.44 Å². The van der Waals surface area contributed by atoms with Gasteiger partial charge in [0.25, 0.3) is 10.0 Å². The summed E-state index contributed by atoms with van der Waals surface area (Å²) < 4.78 is 81.2. The van der Waals surface area contributed by atoms with Gasteiger partial charge in [-0.05, 0) is 75.6 Å². The minimum absolute atomic E-state index is 0.00600. The molecule has 0 bridgehead atoms. The molecule has 31 heavy (non-hydrogen) atoms. The highest BCUT2D eigenvalue weighted by molar-refractivity contribution is 7.93. The largest absolute Gasteiger partial charge is 0.283 e. The first kappa shape index (κ1) is 25.1. The minimum Gasteiger partial charge on any atom is -0.283 e. The summed E-state index contributed by atoms with van der Waals surface area (Å²) in [6, 6.07) is 6.59. The first-order valence-electron chi connectivity index (χ1n) is 9.27. The summed E-state index contributed by atoms with van der Waals surface area (Å²) in [5.41, 5.74) is 1.67. The predicted molar refractivity (Wildman–Crippen MR) is 122 cm³/mol. The maximum Gasteiger partial charge on any atom is 0.262 e. The third kappa shape index (κ3) is 6.19. The molecule has 172 valence electrons. The van der Waals surface area contributed by atoms with Gasteiger partial charge in [-0.15, -0.1) is 0 Å². The number of hydrogen-bond acceptors (Lipinski definition) is 6. The van der Waals surface area contributed by atoms with Crippen molar-refractivity contribution in [3.05, 3.63) is 47.0 Å². The molecule has 3 N–H and O–H groups in total. The highest BCUT2D eigenvalue weighted by Gasteiger charge is 2.24. The van der Waals surface area contributed by atoms with Gasteiger partial charge in [0.15, 0.2) is 0 Å². The van der Waals surface area contributed by atoms with Crippen LogP contribution >= 0.6 is 0 Å². The van der Waals surface area contributed by atoms with Gasteiger partial charge in [0.05, 0.1) is 21.7 Å². The fraction of sp³-hybridized carbons (Fsp3) is 0.368. The molecule has 0 aliphatic carbocycles. The van der Waals surface area contributed by atoms with Crippen LogP contribution in [0.25, 0.3) is 0 Å². The van der Waals surface area contributed by atoms with Crippen LogP contribution in [0.3, 0.4) is 0 Å². The molecule has 9 nitrogen and oxygen atoms in total. The zero-order valence-electron chi connectivity index (χ0n) is 18.1. The summed E-state index contributed by atoms with van der Waals surface area (Å²) in [7, 11) is -11.4. The molecule has 0 saturated heterocycles. The van der Waals surface area contributed by atoms with Gasteiger partial charge in [-0.25, -0.2) is 30.0 Å². The van der Waals surface area contributed by atoms with E-state index < -0.39 is 30.1 Å². The first-order chi connectivity index (χ1) is 14.0. The van der Waals surface area contributed by atoms with Crippen LogP contribution in [0.2, 0.25) is 0 Å². The Labute approximate surface area is 184 Å². The van der Waals surface area contributed by atoms with E-state index in [-0.39, 0.29) is 32.8 Å². The molecular formula is C19H27N3O6S3. The third-order valence-corrected chi connectivity index (χ3v) is 8.18. The average molecular weight is 490 g/mol. The van der Waals surface area contributed by atoms with Gasteiger partial charge in [-0.2, -0.15) is 0 Å². The Kier molecular flexibility index (Phi) is 7.10. The highest BCUT2D eigenvalue weighted by Crippen LogP contribution is 2.32. The van der Waals surface area contributed by atoms with Crippen molar-refractivity contribution in [2.45, 2.75) is 50.5 Å². The Morgan fingerprint density at radius 1 is 0.774 bits per heavy atom. The topological polar surface area (TPSA) is 139 Å². The molecule has 2 aromatic carbocycles. The van der Waals surface area contributed by atoms with Crippen molar-refractivity contribution >= 4 is 41.4 Å². The fourth-order valence-corrected chi connectivity index (χ4v) is 6.68. The second-order valence-corrected chi connectivity index (χ2v) is 12.7. The number of nitrogens with one attached hydrogen (secondary N) is 3. The van der Waals surface area contributed by atoms with Gasteiger partial charge in [0, 0.05) is 11.7 Å². The predicted octanol–water partition coefficient (Wildman–Crippen LogP) is 2.47. The molecule has 0 atom stereocenters. The summed E-state index contributed by atoms with van der Waals surface area (Å²) in [5, 5.41) is 0. The quantitative estimate of drug-likeness (QED) is 0.521. The monoisotopic (exact) mass is 489 g/mol. The van der Waals surface area contributed by atoms with E-state index in [0.717, 1.165) is 6.26 Å². The summed E-state index contributed by atoms with van der Waals surface area (Å²) >= 11 is 0. The smallest absolute Gasteiger partial charge is 0.262 e. The second-order valence-electron chi connectivity index (χ2n) is 7.62. The maximum atomic E-state index is 13.1. The van der Waals surface area contributed by atoms with E-state index >= 15 is 0 Å². The number of sulfonamides is 3. The normalized spacial score (nSPS) is 12.7. The van der Waals surface area contributed by atoms with Gasteiger partial charge < -0.3 is 0 Å². The van der Waals surface area contributed by atoms with Crippen LogP contribution in [0.15, 0.2) is 40.1 Å². The van der Waals surface area contributed by atoms with Crippen molar-refractivity contribution in [3.8, 4) is 0 Å². The van der Waals surface area contributed by atoms with Crippen LogP contribution in [0.5, 0.6) is 0 Å². The Bertz CT molecular complexity index is 1300. The number of hydrogen-bond donors (Lipinski definition) is 3. The summed E-state index contributed by atoms with van der Waals surface area (Å²) in [6.45, 7) is 8.21. The summed E-state index contributed by atoms with van der Waals surface area (Å²) in [4.78, 5) is -0.0473. The molecule has 0 spiro atoms. The molecule has 0 aromatic heterocycles. The van der Waals surface area contributed by atoms with Crippen molar-refractivity contribution in [1.82, 2.24) is 4.72 Å². The Balaban J connectivity index is 2.44. The molecule has 0 aliphatic heterocycles. The molecule has 0 radical (unpaired) electrons. The van der Waals surface area contributed by atoms with Crippen molar-refractivity contribution in [2.75, 3.05) is 15.7 Å². The van der Waals surface area contributed by atoms with Crippen LogP contribution in [0, 0.1) is 20.8 Å². The Morgan fingerprint density at radius 2 is 1.32 bits per heavy atom. The average Bonchev–Trinajstić information content (AvgIpc) is 2.56. The highest BCUT2D eigenvalue weighted by atomic mass is 32.2. The number of anilines is 2. The van der Waals surface area contributed by atoms with Crippen LogP contribution < -0.4 is 14.2 Å². The lowest BCUT2D eigenvalue weighted by Gasteiger charge is -2.19. The second kappa shape index (κ2) is 8.77. The minimum atomic E-state index is -4.09. The van der Waals surface area contributed by atoms with E-state index in [0.29, 0.717) is 11.1 Å². The van der Waals surface area contributed by atoms with E-state index in [2.05, 4.69) is 14.2 Å².